The molecule has 1 aliphatic heterocycles. The molecule has 0 amide bonds. The van der Waals surface area contributed by atoms with Gasteiger partial charge in [-0.15, -0.1) is 0 Å². The van der Waals surface area contributed by atoms with E-state index in [-0.39, 0.29) is 17.1 Å². The zero-order valence-electron chi connectivity index (χ0n) is 13.8. The van der Waals surface area contributed by atoms with Gasteiger partial charge in [0.25, 0.3) is 11.5 Å². The quantitative estimate of drug-likeness (QED) is 0.444. The van der Waals surface area contributed by atoms with Crippen molar-refractivity contribution < 1.29 is 29.7 Å². The van der Waals surface area contributed by atoms with E-state index in [4.69, 9.17) is 14.4 Å². The molecule has 1 aliphatic rings. The second-order valence-electron chi connectivity index (χ2n) is 5.72. The van der Waals surface area contributed by atoms with Gasteiger partial charge in [-0.1, -0.05) is 5.23 Å². The van der Waals surface area contributed by atoms with Gasteiger partial charge in [0, 0.05) is 0 Å². The van der Waals surface area contributed by atoms with E-state index >= 15 is 0 Å². The Hall–Kier alpha value is -2.09. The van der Waals surface area contributed by atoms with Gasteiger partial charge in [0.2, 0.25) is 0 Å². The van der Waals surface area contributed by atoms with E-state index in [1.165, 1.54) is 32.0 Å². The van der Waals surface area contributed by atoms with Gasteiger partial charge in [-0.2, -0.15) is 4.98 Å². The highest BCUT2D eigenvalue weighted by molar-refractivity contribution is 5.70. The second-order valence-corrected chi connectivity index (χ2v) is 5.72. The highest BCUT2D eigenvalue weighted by atomic mass is 16.9. The Balaban J connectivity index is 2.13. The SMILES string of the molecule is CON(OC)c1nc2c(ncn2[C@@H]2O[C@H](CO)[C@@H](O)[C@@]2(C)O)c(=O)[nH]1. The zero-order chi connectivity index (χ0) is 18.4. The molecule has 0 saturated carbocycles. The van der Waals surface area contributed by atoms with E-state index in [0.29, 0.717) is 0 Å². The van der Waals surface area contributed by atoms with Crippen molar-refractivity contribution in [2.45, 2.75) is 31.0 Å². The molecule has 0 spiro atoms. The van der Waals surface area contributed by atoms with E-state index in [1.807, 2.05) is 0 Å². The largest absolute Gasteiger partial charge is 0.394 e. The van der Waals surface area contributed by atoms with Crippen molar-refractivity contribution in [1.82, 2.24) is 19.5 Å². The number of aliphatic hydroxyl groups excluding tert-OH is 2. The first-order valence-corrected chi connectivity index (χ1v) is 7.37. The number of ether oxygens (including phenoxy) is 1. The maximum Gasteiger partial charge on any atom is 0.280 e. The van der Waals surface area contributed by atoms with Crippen LogP contribution in [-0.4, -0.2) is 73.5 Å². The van der Waals surface area contributed by atoms with Crippen LogP contribution in [0, 0.1) is 0 Å². The van der Waals surface area contributed by atoms with Crippen LogP contribution in [0.3, 0.4) is 0 Å². The number of hydrogen-bond acceptors (Lipinski definition) is 10. The molecule has 2 aromatic heterocycles. The van der Waals surface area contributed by atoms with Crippen LogP contribution in [0.2, 0.25) is 0 Å². The molecule has 0 aromatic carbocycles. The van der Waals surface area contributed by atoms with Crippen LogP contribution >= 0.6 is 0 Å². The number of anilines is 1. The molecule has 4 atom stereocenters. The smallest absolute Gasteiger partial charge is 0.280 e. The molecular formula is C13H19N5O7. The fraction of sp³-hybridized carbons (Fsp3) is 0.615. The van der Waals surface area contributed by atoms with Gasteiger partial charge in [0.15, 0.2) is 17.4 Å². The molecule has 0 unspecified atom stereocenters. The third-order valence-electron chi connectivity index (χ3n) is 4.11. The van der Waals surface area contributed by atoms with Crippen LogP contribution in [0.4, 0.5) is 5.95 Å². The number of H-pyrrole nitrogens is 1. The predicted octanol–water partition coefficient (Wildman–Crippen LogP) is -1.95. The lowest BCUT2D eigenvalue weighted by molar-refractivity contribution is -0.0951. The monoisotopic (exact) mass is 357 g/mol. The van der Waals surface area contributed by atoms with Crippen molar-refractivity contribution >= 4 is 17.1 Å². The Kier molecular flexibility index (Phi) is 4.49. The highest BCUT2D eigenvalue weighted by Crippen LogP contribution is 2.39. The van der Waals surface area contributed by atoms with Gasteiger partial charge in [0.05, 0.1) is 27.2 Å². The van der Waals surface area contributed by atoms with Gasteiger partial charge in [-0.05, 0) is 6.92 Å². The molecule has 12 nitrogen and oxygen atoms in total. The Morgan fingerprint density at radius 1 is 1.48 bits per heavy atom. The standard InChI is InChI=1S/C13H19N5O7/c1-13(22)8(20)6(4-19)25-11(13)17-5-14-7-9(17)15-12(16-10(7)21)18(23-2)24-3/h5-6,8,11,19-20,22H,4H2,1-3H3,(H,15,16,21)/t6-,8-,11-,13-/m1/s1. The van der Waals surface area contributed by atoms with Crippen molar-refractivity contribution in [3.8, 4) is 0 Å². The Bertz CT molecular complexity index is 815. The first-order chi connectivity index (χ1) is 11.8. The van der Waals surface area contributed by atoms with Gasteiger partial charge in [-0.25, -0.2) is 14.7 Å². The topological polar surface area (TPSA) is 155 Å². The van der Waals surface area contributed by atoms with E-state index in [9.17, 15) is 20.1 Å². The summed E-state index contributed by atoms with van der Waals surface area (Å²) in [6.45, 7) is 0.870. The maximum absolute atomic E-state index is 12.2. The molecule has 12 heteroatoms. The molecule has 0 radical (unpaired) electrons. The minimum atomic E-state index is -1.74. The summed E-state index contributed by atoms with van der Waals surface area (Å²) in [4.78, 5) is 32.7. The molecule has 0 bridgehead atoms. The van der Waals surface area contributed by atoms with Crippen LogP contribution in [0.25, 0.3) is 11.2 Å². The number of nitrogens with one attached hydrogen (secondary N) is 1. The summed E-state index contributed by atoms with van der Waals surface area (Å²) in [7, 11) is 2.64. The number of hydrogen-bond donors (Lipinski definition) is 4. The van der Waals surface area contributed by atoms with Crippen LogP contribution in [0.15, 0.2) is 11.1 Å². The Labute approximate surface area is 141 Å². The molecule has 2 aromatic rings. The average molecular weight is 357 g/mol. The Morgan fingerprint density at radius 2 is 2.16 bits per heavy atom. The minimum Gasteiger partial charge on any atom is -0.394 e. The first-order valence-electron chi connectivity index (χ1n) is 7.37. The van der Waals surface area contributed by atoms with E-state index in [1.54, 1.807) is 0 Å². The summed E-state index contributed by atoms with van der Waals surface area (Å²) in [6, 6.07) is 0. The molecule has 138 valence electrons. The van der Waals surface area contributed by atoms with E-state index < -0.39 is 36.2 Å². The normalized spacial score (nSPS) is 29.4. The molecule has 4 N–H and O–H groups in total. The van der Waals surface area contributed by atoms with Crippen LogP contribution in [0.1, 0.15) is 13.2 Å². The van der Waals surface area contributed by atoms with Crippen molar-refractivity contribution in [3.63, 3.8) is 0 Å². The fourth-order valence-electron chi connectivity index (χ4n) is 2.81. The molecule has 3 heterocycles. The van der Waals surface area contributed by atoms with Gasteiger partial charge >= 0.3 is 0 Å². The molecule has 1 fully saturated rings. The van der Waals surface area contributed by atoms with Gasteiger partial charge in [-0.3, -0.25) is 14.3 Å². The van der Waals surface area contributed by atoms with Crippen molar-refractivity contribution in [3.05, 3.63) is 16.7 Å². The number of fused-ring (bicyclic) bond motifs is 1. The number of nitrogens with zero attached hydrogens (tertiary/aromatic N) is 4. The lowest BCUT2D eigenvalue weighted by Gasteiger charge is -2.27. The molecule has 0 aliphatic carbocycles. The lowest BCUT2D eigenvalue weighted by Crippen LogP contribution is -2.44. The van der Waals surface area contributed by atoms with Crippen LogP contribution in [0.5, 0.6) is 0 Å². The molecular weight excluding hydrogens is 338 g/mol. The average Bonchev–Trinajstić information content (AvgIpc) is 3.09. The predicted molar refractivity (Wildman–Crippen MR) is 82.3 cm³/mol. The molecule has 3 rings (SSSR count). The van der Waals surface area contributed by atoms with E-state index in [2.05, 4.69) is 15.0 Å². The maximum atomic E-state index is 12.2. The van der Waals surface area contributed by atoms with Crippen LogP contribution in [-0.2, 0) is 14.4 Å². The molecule has 25 heavy (non-hydrogen) atoms. The first kappa shape index (κ1) is 17.7. The summed E-state index contributed by atoms with van der Waals surface area (Å²) in [6.07, 6.45) is -2.19. The third-order valence-corrected chi connectivity index (χ3v) is 4.11. The van der Waals surface area contributed by atoms with Gasteiger partial charge < -0.3 is 20.1 Å². The number of aromatic nitrogens is 4. The number of rotatable bonds is 5. The highest BCUT2D eigenvalue weighted by Gasteiger charge is 2.53. The number of imidazole rings is 1. The summed E-state index contributed by atoms with van der Waals surface area (Å²) < 4.78 is 6.83. The van der Waals surface area contributed by atoms with E-state index in [0.717, 1.165) is 5.23 Å². The van der Waals surface area contributed by atoms with Crippen molar-refractivity contribution in [2.75, 3.05) is 26.1 Å². The summed E-state index contributed by atoms with van der Waals surface area (Å²) >= 11 is 0. The third kappa shape index (κ3) is 2.68. The lowest BCUT2D eigenvalue weighted by atomic mass is 9.96. The summed E-state index contributed by atoms with van der Waals surface area (Å²) in [5.74, 6) is -0.0545. The second kappa shape index (κ2) is 6.33. The van der Waals surface area contributed by atoms with Crippen molar-refractivity contribution in [1.29, 1.82) is 0 Å². The summed E-state index contributed by atoms with van der Waals surface area (Å²) in [5.41, 5.74) is -2.23. The Morgan fingerprint density at radius 3 is 2.72 bits per heavy atom. The number of aromatic amines is 1. The fourth-order valence-corrected chi connectivity index (χ4v) is 2.81. The van der Waals surface area contributed by atoms with Crippen LogP contribution < -0.4 is 10.8 Å². The number of aliphatic hydroxyl groups is 3. The zero-order valence-corrected chi connectivity index (χ0v) is 13.8. The summed E-state index contributed by atoms with van der Waals surface area (Å²) in [5, 5.41) is 30.9. The molecule has 1 saturated heterocycles. The van der Waals surface area contributed by atoms with Crippen molar-refractivity contribution in [2.24, 2.45) is 0 Å². The minimum absolute atomic E-state index is 0.00255. The van der Waals surface area contributed by atoms with Gasteiger partial charge in [0.1, 0.15) is 17.8 Å².